The Kier molecular flexibility index (Phi) is 7.23. The highest BCUT2D eigenvalue weighted by Gasteiger charge is 2.30. The third-order valence-electron chi connectivity index (χ3n) is 7.08. The lowest BCUT2D eigenvalue weighted by Crippen LogP contribution is -2.45. The Morgan fingerprint density at radius 3 is 2.67 bits per heavy atom. The molecule has 5 rings (SSSR count). The minimum absolute atomic E-state index is 0.108. The average molecular weight is 513 g/mol. The van der Waals surface area contributed by atoms with Gasteiger partial charge in [-0.2, -0.15) is 0 Å². The van der Waals surface area contributed by atoms with Crippen LogP contribution in [-0.2, 0) is 16.4 Å². The van der Waals surface area contributed by atoms with Gasteiger partial charge in [-0.1, -0.05) is 13.8 Å². The van der Waals surface area contributed by atoms with Gasteiger partial charge in [0.05, 0.1) is 23.3 Å². The van der Waals surface area contributed by atoms with Crippen LogP contribution in [0.3, 0.4) is 0 Å². The molecule has 5 heterocycles. The van der Waals surface area contributed by atoms with Crippen molar-refractivity contribution in [1.82, 2.24) is 34.1 Å². The molecule has 2 saturated heterocycles. The van der Waals surface area contributed by atoms with Crippen LogP contribution in [0.4, 0.5) is 5.95 Å². The van der Waals surface area contributed by atoms with E-state index in [2.05, 4.69) is 26.8 Å². The number of anilines is 1. The van der Waals surface area contributed by atoms with Gasteiger partial charge in [-0.05, 0) is 44.2 Å². The first-order valence-corrected chi connectivity index (χ1v) is 14.5. The second kappa shape index (κ2) is 10.4. The monoisotopic (exact) mass is 512 g/mol. The van der Waals surface area contributed by atoms with Crippen molar-refractivity contribution in [2.75, 3.05) is 57.0 Å². The van der Waals surface area contributed by atoms with Crippen molar-refractivity contribution in [3.8, 4) is 11.3 Å². The number of piperazine rings is 1. The van der Waals surface area contributed by atoms with E-state index in [0.717, 1.165) is 73.1 Å². The lowest BCUT2D eigenvalue weighted by molar-refractivity contribution is 0.263. The minimum atomic E-state index is -3.26. The maximum absolute atomic E-state index is 12.9. The number of nitrogens with one attached hydrogen (secondary N) is 1. The van der Waals surface area contributed by atoms with Crippen LogP contribution in [0.15, 0.2) is 24.7 Å². The zero-order valence-corrected chi connectivity index (χ0v) is 22.2. The highest BCUT2D eigenvalue weighted by molar-refractivity contribution is 7.89. The molecule has 2 aliphatic heterocycles. The molecule has 0 aliphatic carbocycles. The smallest absolute Gasteiger partial charge is 0.225 e. The van der Waals surface area contributed by atoms with Crippen molar-refractivity contribution in [3.63, 3.8) is 0 Å². The SMILES string of the molecule is CC(C)CS(=O)(=O)N1CCC[C@H](Cc2nc(N3CCN(C)CC3)ncc2-c2cnc3[nH]ccc3n2)C1. The predicted octanol–water partition coefficient (Wildman–Crippen LogP) is 2.41. The van der Waals surface area contributed by atoms with Crippen molar-refractivity contribution in [2.24, 2.45) is 11.8 Å². The lowest BCUT2D eigenvalue weighted by Gasteiger charge is -2.34. The molecular weight excluding hydrogens is 476 g/mol. The summed E-state index contributed by atoms with van der Waals surface area (Å²) in [6.07, 6.45) is 7.98. The van der Waals surface area contributed by atoms with Gasteiger partial charge in [0.25, 0.3) is 0 Å². The van der Waals surface area contributed by atoms with E-state index in [1.807, 2.05) is 32.3 Å². The number of nitrogens with zero attached hydrogens (tertiary/aromatic N) is 7. The number of fused-ring (bicyclic) bond motifs is 1. The average Bonchev–Trinajstić information content (AvgIpc) is 3.32. The summed E-state index contributed by atoms with van der Waals surface area (Å²) in [5, 5.41) is 0. The Morgan fingerprint density at radius 1 is 1.08 bits per heavy atom. The molecule has 194 valence electrons. The van der Waals surface area contributed by atoms with Crippen LogP contribution in [0.5, 0.6) is 0 Å². The van der Waals surface area contributed by atoms with Gasteiger partial charge < -0.3 is 14.8 Å². The van der Waals surface area contributed by atoms with E-state index in [1.54, 1.807) is 10.5 Å². The van der Waals surface area contributed by atoms with Gasteiger partial charge in [-0.25, -0.2) is 32.7 Å². The molecule has 0 spiro atoms. The highest BCUT2D eigenvalue weighted by Crippen LogP contribution is 2.29. The summed E-state index contributed by atoms with van der Waals surface area (Å²) in [5.41, 5.74) is 4.06. The van der Waals surface area contributed by atoms with E-state index in [1.165, 1.54) is 0 Å². The van der Waals surface area contributed by atoms with Crippen LogP contribution in [0, 0.1) is 11.8 Å². The third kappa shape index (κ3) is 5.52. The quantitative estimate of drug-likeness (QED) is 0.514. The van der Waals surface area contributed by atoms with Crippen molar-refractivity contribution in [3.05, 3.63) is 30.4 Å². The standard InChI is InChI=1S/C25H36N8O2S/c1-18(2)17-36(34,35)33-8-4-5-19(16-33)13-22-20(23-15-27-24-21(29-23)6-7-26-24)14-28-25(30-22)32-11-9-31(3)10-12-32/h6-7,14-15,18-19H,4-5,8-13,16-17H2,1-3H3,(H,26,27)/t19-/m1/s1. The minimum Gasteiger partial charge on any atom is -0.345 e. The van der Waals surface area contributed by atoms with E-state index in [0.29, 0.717) is 19.5 Å². The summed E-state index contributed by atoms with van der Waals surface area (Å²) in [6, 6.07) is 1.91. The molecule has 1 N–H and O–H groups in total. The van der Waals surface area contributed by atoms with Crippen LogP contribution in [0.1, 0.15) is 32.4 Å². The van der Waals surface area contributed by atoms with Gasteiger partial charge >= 0.3 is 0 Å². The van der Waals surface area contributed by atoms with E-state index in [9.17, 15) is 8.42 Å². The first-order valence-electron chi connectivity index (χ1n) is 12.9. The van der Waals surface area contributed by atoms with E-state index < -0.39 is 10.0 Å². The maximum Gasteiger partial charge on any atom is 0.225 e. The highest BCUT2D eigenvalue weighted by atomic mass is 32.2. The Morgan fingerprint density at radius 2 is 1.89 bits per heavy atom. The zero-order chi connectivity index (χ0) is 25.3. The van der Waals surface area contributed by atoms with Crippen LogP contribution in [0.2, 0.25) is 0 Å². The summed E-state index contributed by atoms with van der Waals surface area (Å²) in [4.78, 5) is 26.7. The summed E-state index contributed by atoms with van der Waals surface area (Å²) in [6.45, 7) is 8.75. The Labute approximate surface area is 213 Å². The fourth-order valence-electron chi connectivity index (χ4n) is 5.14. The number of H-pyrrole nitrogens is 1. The van der Waals surface area contributed by atoms with Crippen LogP contribution in [-0.4, -0.2) is 94.6 Å². The molecule has 0 unspecified atom stereocenters. The normalized spacial score (nSPS) is 20.4. The van der Waals surface area contributed by atoms with E-state index in [-0.39, 0.29) is 17.6 Å². The van der Waals surface area contributed by atoms with E-state index >= 15 is 0 Å². The molecular formula is C25H36N8O2S. The molecule has 2 fully saturated rings. The molecule has 0 aromatic carbocycles. The molecule has 0 radical (unpaired) electrons. The van der Waals surface area contributed by atoms with Crippen LogP contribution in [0.25, 0.3) is 22.4 Å². The number of hydrogen-bond acceptors (Lipinski definition) is 8. The van der Waals surface area contributed by atoms with Crippen molar-refractivity contribution in [2.45, 2.75) is 33.1 Å². The largest absolute Gasteiger partial charge is 0.345 e. The van der Waals surface area contributed by atoms with Crippen molar-refractivity contribution in [1.29, 1.82) is 0 Å². The maximum atomic E-state index is 12.9. The molecule has 0 amide bonds. The Hall–Kier alpha value is -2.63. The van der Waals surface area contributed by atoms with Gasteiger partial charge in [0.2, 0.25) is 16.0 Å². The number of rotatable bonds is 7. The Bertz CT molecular complexity index is 1300. The molecule has 3 aromatic heterocycles. The first kappa shape index (κ1) is 25.0. The zero-order valence-electron chi connectivity index (χ0n) is 21.4. The van der Waals surface area contributed by atoms with Gasteiger partial charge in [0, 0.05) is 57.2 Å². The number of hydrogen-bond donors (Lipinski definition) is 1. The van der Waals surface area contributed by atoms with Gasteiger partial charge in [0.15, 0.2) is 5.65 Å². The van der Waals surface area contributed by atoms with Gasteiger partial charge in [0.1, 0.15) is 5.52 Å². The molecule has 0 bridgehead atoms. The Balaban J connectivity index is 1.45. The second-order valence-corrected chi connectivity index (χ2v) is 12.5. The summed E-state index contributed by atoms with van der Waals surface area (Å²) in [7, 11) is -1.13. The van der Waals surface area contributed by atoms with Crippen molar-refractivity contribution >= 4 is 27.1 Å². The molecule has 10 nitrogen and oxygen atoms in total. The third-order valence-corrected chi connectivity index (χ3v) is 9.29. The van der Waals surface area contributed by atoms with Crippen LogP contribution >= 0.6 is 0 Å². The number of sulfonamides is 1. The molecule has 11 heteroatoms. The lowest BCUT2D eigenvalue weighted by atomic mass is 9.92. The fraction of sp³-hybridized carbons (Fsp3) is 0.600. The molecule has 0 saturated carbocycles. The summed E-state index contributed by atoms with van der Waals surface area (Å²) >= 11 is 0. The molecule has 2 aliphatic rings. The summed E-state index contributed by atoms with van der Waals surface area (Å²) < 4.78 is 27.6. The van der Waals surface area contributed by atoms with Crippen molar-refractivity contribution < 1.29 is 8.42 Å². The number of piperidine rings is 1. The fourth-order valence-corrected chi connectivity index (χ4v) is 7.04. The van der Waals surface area contributed by atoms with Crippen LogP contribution < -0.4 is 4.90 Å². The summed E-state index contributed by atoms with van der Waals surface area (Å²) in [5.74, 6) is 1.23. The number of aromatic nitrogens is 5. The van der Waals surface area contributed by atoms with E-state index in [4.69, 9.17) is 15.0 Å². The van der Waals surface area contributed by atoms with Gasteiger partial charge in [-0.3, -0.25) is 0 Å². The topological polar surface area (TPSA) is 111 Å². The number of likely N-dealkylation sites (N-methyl/N-ethyl adjacent to an activating group) is 1. The molecule has 36 heavy (non-hydrogen) atoms. The molecule has 3 aromatic rings. The predicted molar refractivity (Wildman–Crippen MR) is 141 cm³/mol. The number of aromatic amines is 1. The molecule has 1 atom stereocenters. The second-order valence-electron chi connectivity index (χ2n) is 10.5. The van der Waals surface area contributed by atoms with Gasteiger partial charge in [-0.15, -0.1) is 0 Å². The first-order chi connectivity index (χ1) is 17.3.